The quantitative estimate of drug-likeness (QED) is 0.887. The monoisotopic (exact) mass is 300 g/mol. The molecule has 2 rings (SSSR count). The molecule has 2 N–H and O–H groups in total. The van der Waals surface area contributed by atoms with Gasteiger partial charge in [0.05, 0.1) is 10.7 Å². The van der Waals surface area contributed by atoms with Crippen LogP contribution in [-0.4, -0.2) is 18.0 Å². The van der Waals surface area contributed by atoms with Gasteiger partial charge in [-0.3, -0.25) is 4.79 Å². The van der Waals surface area contributed by atoms with E-state index in [1.54, 1.807) is 18.2 Å². The van der Waals surface area contributed by atoms with Gasteiger partial charge in [-0.2, -0.15) is 0 Å². The van der Waals surface area contributed by atoms with Gasteiger partial charge >= 0.3 is 0 Å². The van der Waals surface area contributed by atoms with Crippen LogP contribution in [0.5, 0.6) is 0 Å². The maximum absolute atomic E-state index is 12.0. The summed E-state index contributed by atoms with van der Waals surface area (Å²) in [6.45, 7) is 1.83. The number of rotatable bonds is 4. The van der Waals surface area contributed by atoms with Gasteiger partial charge in [0.1, 0.15) is 6.04 Å². The predicted octanol–water partition coefficient (Wildman–Crippen LogP) is 3.85. The Balaban J connectivity index is 1.92. The minimum atomic E-state index is -0.320. The first kappa shape index (κ1) is 14.5. The van der Waals surface area contributed by atoms with Crippen molar-refractivity contribution < 1.29 is 4.79 Å². The number of carbonyl (C=O) groups is 1. The van der Waals surface area contributed by atoms with Gasteiger partial charge < -0.3 is 10.6 Å². The number of hydrogen-bond donors (Lipinski definition) is 2. The Kier molecular flexibility index (Phi) is 4.94. The van der Waals surface area contributed by atoms with Crippen molar-refractivity contribution in [3.05, 3.63) is 28.2 Å². The molecule has 1 atom stereocenters. The first-order valence-corrected chi connectivity index (χ1v) is 7.34. The normalized spacial score (nSPS) is 17.2. The van der Waals surface area contributed by atoms with E-state index in [2.05, 4.69) is 10.6 Å². The molecule has 1 aromatic carbocycles. The van der Waals surface area contributed by atoms with Crippen LogP contribution in [0, 0.1) is 0 Å². The lowest BCUT2D eigenvalue weighted by Crippen LogP contribution is -2.42. The van der Waals surface area contributed by atoms with E-state index in [4.69, 9.17) is 23.2 Å². The molecule has 1 aromatic rings. The second-order valence-corrected chi connectivity index (χ2v) is 5.82. The van der Waals surface area contributed by atoms with Crippen molar-refractivity contribution in [1.82, 2.24) is 5.32 Å². The van der Waals surface area contributed by atoms with Gasteiger partial charge in [0.2, 0.25) is 5.91 Å². The van der Waals surface area contributed by atoms with Crippen molar-refractivity contribution in [1.29, 1.82) is 0 Å². The second-order valence-electron chi connectivity index (χ2n) is 4.98. The fourth-order valence-corrected chi connectivity index (χ4v) is 2.76. The van der Waals surface area contributed by atoms with Crippen LogP contribution in [-0.2, 0) is 4.79 Å². The molecule has 0 heterocycles. The Bertz CT molecular complexity index is 459. The van der Waals surface area contributed by atoms with Crippen LogP contribution >= 0.6 is 23.2 Å². The Morgan fingerprint density at radius 1 is 1.32 bits per heavy atom. The molecule has 0 saturated heterocycles. The van der Waals surface area contributed by atoms with Gasteiger partial charge in [-0.1, -0.05) is 36.0 Å². The molecule has 1 unspecified atom stereocenters. The summed E-state index contributed by atoms with van der Waals surface area (Å²) in [6.07, 6.45) is 4.58. The summed E-state index contributed by atoms with van der Waals surface area (Å²) >= 11 is 11.9. The SMILES string of the molecule is CC(Nc1ccc(Cl)cc1Cl)C(=O)NC1CCCC1. The zero-order valence-electron chi connectivity index (χ0n) is 10.9. The lowest BCUT2D eigenvalue weighted by molar-refractivity contribution is -0.122. The highest BCUT2D eigenvalue weighted by Crippen LogP contribution is 2.26. The van der Waals surface area contributed by atoms with Gasteiger partial charge in [-0.25, -0.2) is 0 Å². The van der Waals surface area contributed by atoms with Crippen molar-refractivity contribution in [3.8, 4) is 0 Å². The molecule has 0 aromatic heterocycles. The van der Waals surface area contributed by atoms with Crippen LogP contribution in [0.1, 0.15) is 32.6 Å². The van der Waals surface area contributed by atoms with E-state index < -0.39 is 0 Å². The lowest BCUT2D eigenvalue weighted by Gasteiger charge is -2.19. The summed E-state index contributed by atoms with van der Waals surface area (Å²) in [4.78, 5) is 12.0. The Morgan fingerprint density at radius 3 is 2.63 bits per heavy atom. The molecule has 1 amide bonds. The predicted molar refractivity (Wildman–Crippen MR) is 79.9 cm³/mol. The van der Waals surface area contributed by atoms with E-state index in [1.165, 1.54) is 12.8 Å². The number of benzene rings is 1. The fraction of sp³-hybridized carbons (Fsp3) is 0.500. The average Bonchev–Trinajstić information content (AvgIpc) is 2.85. The van der Waals surface area contributed by atoms with Crippen LogP contribution in [0.15, 0.2) is 18.2 Å². The van der Waals surface area contributed by atoms with Gasteiger partial charge in [-0.05, 0) is 38.0 Å². The molecule has 0 bridgehead atoms. The highest BCUT2D eigenvalue weighted by atomic mass is 35.5. The molecular weight excluding hydrogens is 283 g/mol. The van der Waals surface area contributed by atoms with E-state index in [0.29, 0.717) is 16.1 Å². The summed E-state index contributed by atoms with van der Waals surface area (Å²) < 4.78 is 0. The Hall–Kier alpha value is -0.930. The van der Waals surface area contributed by atoms with Gasteiger partial charge in [-0.15, -0.1) is 0 Å². The summed E-state index contributed by atoms with van der Waals surface area (Å²) in [5, 5.41) is 7.27. The standard InChI is InChI=1S/C14H18Cl2N2O/c1-9(14(19)18-11-4-2-3-5-11)17-13-7-6-10(15)8-12(13)16/h6-9,11,17H,2-5H2,1H3,(H,18,19). The second kappa shape index (κ2) is 6.49. The number of nitrogens with one attached hydrogen (secondary N) is 2. The zero-order chi connectivity index (χ0) is 13.8. The van der Waals surface area contributed by atoms with Gasteiger partial charge in [0.15, 0.2) is 0 Å². The first-order chi connectivity index (χ1) is 9.06. The minimum Gasteiger partial charge on any atom is -0.373 e. The van der Waals surface area contributed by atoms with Crippen molar-refractivity contribution >= 4 is 34.8 Å². The van der Waals surface area contributed by atoms with Crippen LogP contribution in [0.4, 0.5) is 5.69 Å². The molecule has 3 nitrogen and oxygen atoms in total. The largest absolute Gasteiger partial charge is 0.373 e. The van der Waals surface area contributed by atoms with Crippen molar-refractivity contribution in [2.75, 3.05) is 5.32 Å². The van der Waals surface area contributed by atoms with E-state index in [0.717, 1.165) is 18.5 Å². The van der Waals surface area contributed by atoms with Crippen LogP contribution in [0.25, 0.3) is 0 Å². The van der Waals surface area contributed by atoms with E-state index in [9.17, 15) is 4.79 Å². The van der Waals surface area contributed by atoms with Crippen LogP contribution in [0.3, 0.4) is 0 Å². The Morgan fingerprint density at radius 2 is 2.00 bits per heavy atom. The van der Waals surface area contributed by atoms with Crippen molar-refractivity contribution in [3.63, 3.8) is 0 Å². The maximum atomic E-state index is 12.0. The van der Waals surface area contributed by atoms with E-state index in [-0.39, 0.29) is 11.9 Å². The number of anilines is 1. The van der Waals surface area contributed by atoms with Gasteiger partial charge in [0.25, 0.3) is 0 Å². The summed E-state index contributed by atoms with van der Waals surface area (Å²) in [5.41, 5.74) is 0.722. The number of halogens is 2. The fourth-order valence-electron chi connectivity index (χ4n) is 2.30. The van der Waals surface area contributed by atoms with E-state index >= 15 is 0 Å². The zero-order valence-corrected chi connectivity index (χ0v) is 12.4. The molecule has 104 valence electrons. The molecule has 0 aliphatic heterocycles. The molecule has 19 heavy (non-hydrogen) atoms. The van der Waals surface area contributed by atoms with Crippen LogP contribution < -0.4 is 10.6 Å². The third-order valence-electron chi connectivity index (χ3n) is 3.40. The van der Waals surface area contributed by atoms with Crippen molar-refractivity contribution in [2.24, 2.45) is 0 Å². The third kappa shape index (κ3) is 4.02. The molecule has 1 fully saturated rings. The first-order valence-electron chi connectivity index (χ1n) is 6.58. The highest BCUT2D eigenvalue weighted by Gasteiger charge is 2.20. The number of carbonyl (C=O) groups excluding carboxylic acids is 1. The van der Waals surface area contributed by atoms with Crippen molar-refractivity contribution in [2.45, 2.75) is 44.7 Å². The van der Waals surface area contributed by atoms with Crippen LogP contribution in [0.2, 0.25) is 10.0 Å². The molecule has 1 aliphatic carbocycles. The lowest BCUT2D eigenvalue weighted by atomic mass is 10.2. The molecule has 1 saturated carbocycles. The molecule has 1 aliphatic rings. The highest BCUT2D eigenvalue weighted by molar-refractivity contribution is 6.36. The van der Waals surface area contributed by atoms with E-state index in [1.807, 2.05) is 6.92 Å². The molecule has 0 radical (unpaired) electrons. The third-order valence-corrected chi connectivity index (χ3v) is 3.95. The smallest absolute Gasteiger partial charge is 0.242 e. The summed E-state index contributed by atoms with van der Waals surface area (Å²) in [7, 11) is 0. The minimum absolute atomic E-state index is 0.0120. The van der Waals surface area contributed by atoms with Gasteiger partial charge in [0, 0.05) is 11.1 Å². The molecular formula is C14H18Cl2N2O. The summed E-state index contributed by atoms with van der Waals surface area (Å²) in [6, 6.07) is 5.20. The Labute approximate surface area is 123 Å². The molecule has 5 heteroatoms. The number of amides is 1. The summed E-state index contributed by atoms with van der Waals surface area (Å²) in [5.74, 6) is 0.0120. The topological polar surface area (TPSA) is 41.1 Å². The average molecular weight is 301 g/mol. The maximum Gasteiger partial charge on any atom is 0.242 e. The number of hydrogen-bond acceptors (Lipinski definition) is 2. The molecule has 0 spiro atoms.